The second-order valence-corrected chi connectivity index (χ2v) is 7.67. The fraction of sp³-hybridized carbons (Fsp3) is 0.538. The quantitative estimate of drug-likeness (QED) is 0.891. The highest BCUT2D eigenvalue weighted by Gasteiger charge is 2.27. The first-order valence-electron chi connectivity index (χ1n) is 6.45. The second kappa shape index (κ2) is 6.20. The van der Waals surface area contributed by atoms with Crippen molar-refractivity contribution in [3.63, 3.8) is 0 Å². The Hall–Kier alpha value is -0.330. The molecule has 7 heteroatoms. The van der Waals surface area contributed by atoms with Crippen molar-refractivity contribution in [1.29, 1.82) is 0 Å². The van der Waals surface area contributed by atoms with Crippen molar-refractivity contribution < 1.29 is 13.5 Å². The summed E-state index contributed by atoms with van der Waals surface area (Å²) in [5.41, 5.74) is 0.653. The normalized spacial score (nSPS) is 23.8. The van der Waals surface area contributed by atoms with Gasteiger partial charge < -0.3 is 5.11 Å². The Morgan fingerprint density at radius 1 is 1.25 bits per heavy atom. The molecule has 0 radical (unpaired) electrons. The maximum absolute atomic E-state index is 12.4. The third kappa shape index (κ3) is 3.65. The summed E-state index contributed by atoms with van der Waals surface area (Å²) in [6.45, 7) is 1.72. The predicted molar refractivity (Wildman–Crippen MR) is 79.8 cm³/mol. The van der Waals surface area contributed by atoms with E-state index in [2.05, 4.69) is 4.72 Å². The molecule has 2 N–H and O–H groups in total. The molecule has 0 heterocycles. The maximum Gasteiger partial charge on any atom is 0.242 e. The first-order valence-corrected chi connectivity index (χ1v) is 8.69. The van der Waals surface area contributed by atoms with Gasteiger partial charge in [-0.15, -0.1) is 0 Å². The number of hydrogen-bond donors (Lipinski definition) is 2. The van der Waals surface area contributed by atoms with Crippen LogP contribution < -0.4 is 4.72 Å². The first kappa shape index (κ1) is 16.0. The van der Waals surface area contributed by atoms with Gasteiger partial charge >= 0.3 is 0 Å². The van der Waals surface area contributed by atoms with Crippen molar-refractivity contribution in [3.8, 4) is 0 Å². The molecule has 0 spiro atoms. The maximum atomic E-state index is 12.4. The fourth-order valence-electron chi connectivity index (χ4n) is 2.39. The van der Waals surface area contributed by atoms with E-state index in [0.29, 0.717) is 17.0 Å². The van der Waals surface area contributed by atoms with E-state index in [1.54, 1.807) is 6.92 Å². The van der Waals surface area contributed by atoms with Crippen molar-refractivity contribution in [2.75, 3.05) is 0 Å². The lowest BCUT2D eigenvalue weighted by molar-refractivity contribution is 0.117. The lowest BCUT2D eigenvalue weighted by Crippen LogP contribution is -2.39. The molecule has 2 rings (SSSR count). The fourth-order valence-corrected chi connectivity index (χ4v) is 4.51. The highest BCUT2D eigenvalue weighted by atomic mass is 35.5. The Kier molecular flexibility index (Phi) is 4.97. The van der Waals surface area contributed by atoms with Crippen LogP contribution >= 0.6 is 23.2 Å². The van der Waals surface area contributed by atoms with Gasteiger partial charge in [0.1, 0.15) is 4.90 Å². The van der Waals surface area contributed by atoms with Gasteiger partial charge in [0.05, 0.1) is 11.1 Å². The van der Waals surface area contributed by atoms with E-state index in [4.69, 9.17) is 23.2 Å². The number of benzene rings is 1. The van der Waals surface area contributed by atoms with Crippen LogP contribution in [0.1, 0.15) is 31.2 Å². The predicted octanol–water partition coefficient (Wildman–Crippen LogP) is 2.88. The lowest BCUT2D eigenvalue weighted by Gasteiger charge is -2.26. The monoisotopic (exact) mass is 337 g/mol. The first-order chi connectivity index (χ1) is 9.29. The topological polar surface area (TPSA) is 66.4 Å². The number of aryl methyl sites for hydroxylation is 1. The average Bonchev–Trinajstić information content (AvgIpc) is 2.33. The van der Waals surface area contributed by atoms with Gasteiger partial charge in [-0.2, -0.15) is 0 Å². The molecule has 4 nitrogen and oxygen atoms in total. The van der Waals surface area contributed by atoms with Gasteiger partial charge in [0.2, 0.25) is 10.0 Å². The van der Waals surface area contributed by atoms with E-state index in [1.807, 2.05) is 0 Å². The molecule has 0 aliphatic heterocycles. The molecule has 20 heavy (non-hydrogen) atoms. The van der Waals surface area contributed by atoms with E-state index >= 15 is 0 Å². The molecule has 1 aromatic carbocycles. The largest absolute Gasteiger partial charge is 0.393 e. The van der Waals surface area contributed by atoms with Gasteiger partial charge in [0.25, 0.3) is 0 Å². The molecule has 1 aromatic rings. The molecule has 1 aliphatic rings. The molecule has 0 saturated heterocycles. The SMILES string of the molecule is Cc1cc(S(=O)(=O)N[C@@H]2CCC[C@@H](O)C2)c(Cl)cc1Cl. The minimum atomic E-state index is -3.70. The van der Waals surface area contributed by atoms with Crippen LogP contribution in [0.5, 0.6) is 0 Å². The smallest absolute Gasteiger partial charge is 0.242 e. The number of hydrogen-bond acceptors (Lipinski definition) is 3. The van der Waals surface area contributed by atoms with Crippen LogP contribution in [0.2, 0.25) is 10.0 Å². The van der Waals surface area contributed by atoms with Crippen LogP contribution in [-0.4, -0.2) is 25.7 Å². The number of rotatable bonds is 3. The molecule has 0 unspecified atom stereocenters. The Balaban J connectivity index is 2.24. The van der Waals surface area contributed by atoms with Gasteiger partial charge in [-0.25, -0.2) is 13.1 Å². The van der Waals surface area contributed by atoms with Gasteiger partial charge in [0, 0.05) is 11.1 Å². The second-order valence-electron chi connectivity index (χ2n) is 5.17. The molecule has 1 aliphatic carbocycles. The van der Waals surface area contributed by atoms with Crippen molar-refractivity contribution >= 4 is 33.2 Å². The van der Waals surface area contributed by atoms with Crippen molar-refractivity contribution in [1.82, 2.24) is 4.72 Å². The lowest BCUT2D eigenvalue weighted by atomic mass is 9.94. The van der Waals surface area contributed by atoms with E-state index in [0.717, 1.165) is 19.3 Å². The third-order valence-corrected chi connectivity index (χ3v) is 5.86. The average molecular weight is 338 g/mol. The Labute approximate surface area is 129 Å². The van der Waals surface area contributed by atoms with E-state index in [1.165, 1.54) is 12.1 Å². The van der Waals surface area contributed by atoms with Crippen LogP contribution in [0.3, 0.4) is 0 Å². The summed E-state index contributed by atoms with van der Waals surface area (Å²) in [6.07, 6.45) is 2.24. The van der Waals surface area contributed by atoms with E-state index in [9.17, 15) is 13.5 Å². The molecule has 1 fully saturated rings. The number of halogens is 2. The van der Waals surface area contributed by atoms with Crippen molar-refractivity contribution in [3.05, 3.63) is 27.7 Å². The minimum Gasteiger partial charge on any atom is -0.393 e. The Morgan fingerprint density at radius 3 is 2.60 bits per heavy atom. The number of sulfonamides is 1. The zero-order valence-electron chi connectivity index (χ0n) is 11.1. The molecule has 1 saturated carbocycles. The van der Waals surface area contributed by atoms with Crippen LogP contribution in [0, 0.1) is 6.92 Å². The summed E-state index contributed by atoms with van der Waals surface area (Å²) >= 11 is 11.9. The standard InChI is InChI=1S/C13H17Cl2NO3S/c1-8-5-13(12(15)7-11(8)14)20(18,19)16-9-3-2-4-10(17)6-9/h5,7,9-10,16-17H,2-4,6H2,1H3/t9-,10-/m1/s1. The van der Waals surface area contributed by atoms with Crippen LogP contribution in [0.4, 0.5) is 0 Å². The summed E-state index contributed by atoms with van der Waals surface area (Å²) in [6, 6.07) is 2.64. The number of aliphatic hydroxyl groups is 1. The van der Waals surface area contributed by atoms with Crippen LogP contribution in [0.15, 0.2) is 17.0 Å². The van der Waals surface area contributed by atoms with Crippen molar-refractivity contribution in [2.45, 2.75) is 49.6 Å². The van der Waals surface area contributed by atoms with Gasteiger partial charge in [-0.1, -0.05) is 23.2 Å². The zero-order chi connectivity index (χ0) is 14.9. The Morgan fingerprint density at radius 2 is 1.95 bits per heavy atom. The molecule has 0 aromatic heterocycles. The Bertz CT molecular complexity index is 604. The molecule has 2 atom stereocenters. The molecule has 112 valence electrons. The van der Waals surface area contributed by atoms with Gasteiger partial charge in [-0.3, -0.25) is 0 Å². The van der Waals surface area contributed by atoms with Crippen LogP contribution in [0.25, 0.3) is 0 Å². The summed E-state index contributed by atoms with van der Waals surface area (Å²) in [7, 11) is -3.70. The number of nitrogens with one attached hydrogen (secondary N) is 1. The van der Waals surface area contributed by atoms with Crippen LogP contribution in [-0.2, 0) is 10.0 Å². The highest BCUT2D eigenvalue weighted by molar-refractivity contribution is 7.89. The minimum absolute atomic E-state index is 0.0288. The summed E-state index contributed by atoms with van der Waals surface area (Å²) < 4.78 is 27.4. The van der Waals surface area contributed by atoms with E-state index in [-0.39, 0.29) is 16.0 Å². The highest BCUT2D eigenvalue weighted by Crippen LogP contribution is 2.29. The summed E-state index contributed by atoms with van der Waals surface area (Å²) in [4.78, 5) is 0.0288. The van der Waals surface area contributed by atoms with Crippen molar-refractivity contribution in [2.24, 2.45) is 0 Å². The summed E-state index contributed by atoms with van der Waals surface area (Å²) in [5.74, 6) is 0. The zero-order valence-corrected chi connectivity index (χ0v) is 13.4. The molecular weight excluding hydrogens is 321 g/mol. The molecular formula is C13H17Cl2NO3S. The van der Waals surface area contributed by atoms with Gasteiger partial charge in [0.15, 0.2) is 0 Å². The summed E-state index contributed by atoms with van der Waals surface area (Å²) in [5, 5.41) is 10.1. The van der Waals surface area contributed by atoms with Gasteiger partial charge in [-0.05, 0) is 50.3 Å². The molecule has 0 bridgehead atoms. The van der Waals surface area contributed by atoms with E-state index < -0.39 is 16.1 Å². The number of aliphatic hydroxyl groups excluding tert-OH is 1. The third-order valence-electron chi connectivity index (χ3n) is 3.47. The molecule has 0 amide bonds.